The van der Waals surface area contributed by atoms with E-state index in [0.717, 1.165) is 24.9 Å². The lowest BCUT2D eigenvalue weighted by Gasteiger charge is -2.03. The summed E-state index contributed by atoms with van der Waals surface area (Å²) < 4.78 is 2.10. The molecular formula is C16H19NO. The first-order chi connectivity index (χ1) is 8.79. The highest BCUT2D eigenvalue weighted by Crippen LogP contribution is 2.08. The fourth-order valence-electron chi connectivity index (χ4n) is 2.06. The van der Waals surface area contributed by atoms with Gasteiger partial charge in [-0.2, -0.15) is 0 Å². The van der Waals surface area contributed by atoms with Gasteiger partial charge in [-0.3, -0.25) is 4.79 Å². The van der Waals surface area contributed by atoms with Crippen LogP contribution in [0.2, 0.25) is 0 Å². The van der Waals surface area contributed by atoms with E-state index in [2.05, 4.69) is 28.8 Å². The Morgan fingerprint density at radius 2 is 1.94 bits per heavy atom. The first-order valence-corrected chi connectivity index (χ1v) is 6.52. The summed E-state index contributed by atoms with van der Waals surface area (Å²) >= 11 is 0. The molecule has 94 valence electrons. The van der Waals surface area contributed by atoms with Gasteiger partial charge in [0.15, 0.2) is 5.78 Å². The van der Waals surface area contributed by atoms with Gasteiger partial charge in [-0.05, 0) is 24.5 Å². The van der Waals surface area contributed by atoms with Crippen LogP contribution in [-0.4, -0.2) is 10.4 Å². The van der Waals surface area contributed by atoms with Crippen molar-refractivity contribution in [2.45, 2.75) is 32.7 Å². The summed E-state index contributed by atoms with van der Waals surface area (Å²) in [6, 6.07) is 12.4. The molecule has 0 N–H and O–H groups in total. The van der Waals surface area contributed by atoms with Crippen molar-refractivity contribution in [1.29, 1.82) is 0 Å². The van der Waals surface area contributed by atoms with Crippen molar-refractivity contribution in [3.05, 3.63) is 59.9 Å². The summed E-state index contributed by atoms with van der Waals surface area (Å²) in [5, 5.41) is 0. The molecule has 2 rings (SSSR count). The smallest absolute Gasteiger partial charge is 0.164 e. The van der Waals surface area contributed by atoms with Crippen LogP contribution in [0.3, 0.4) is 0 Å². The molecule has 0 atom stereocenters. The van der Waals surface area contributed by atoms with Gasteiger partial charge in [0, 0.05) is 30.9 Å². The predicted octanol–water partition coefficient (Wildman–Crippen LogP) is 3.71. The zero-order valence-electron chi connectivity index (χ0n) is 10.8. The molecule has 0 bridgehead atoms. The van der Waals surface area contributed by atoms with Gasteiger partial charge in [0.2, 0.25) is 0 Å². The van der Waals surface area contributed by atoms with Gasteiger partial charge in [-0.15, -0.1) is 0 Å². The molecule has 0 saturated heterocycles. The average Bonchev–Trinajstić information content (AvgIpc) is 2.88. The molecule has 0 spiro atoms. The maximum atomic E-state index is 11.5. The lowest BCUT2D eigenvalue weighted by molar-refractivity contribution is 0.0988. The van der Waals surface area contributed by atoms with Gasteiger partial charge in [0.25, 0.3) is 0 Å². The van der Waals surface area contributed by atoms with Crippen LogP contribution in [0.4, 0.5) is 0 Å². The Hall–Kier alpha value is -1.83. The van der Waals surface area contributed by atoms with Crippen LogP contribution in [0.1, 0.15) is 35.7 Å². The van der Waals surface area contributed by atoms with E-state index in [4.69, 9.17) is 0 Å². The largest absolute Gasteiger partial charge is 0.353 e. The fraction of sp³-hybridized carbons (Fsp3) is 0.312. The Bertz CT molecular complexity index is 499. The number of aromatic nitrogens is 1. The van der Waals surface area contributed by atoms with Gasteiger partial charge in [-0.25, -0.2) is 0 Å². The molecule has 2 heteroatoms. The highest BCUT2D eigenvalue weighted by Gasteiger charge is 2.04. The molecule has 0 radical (unpaired) electrons. The van der Waals surface area contributed by atoms with Crippen molar-refractivity contribution >= 4 is 5.78 Å². The topological polar surface area (TPSA) is 22.0 Å². The first-order valence-electron chi connectivity index (χ1n) is 6.52. The zero-order valence-corrected chi connectivity index (χ0v) is 10.8. The van der Waals surface area contributed by atoms with Gasteiger partial charge in [0.05, 0.1) is 0 Å². The molecule has 2 nitrogen and oxygen atoms in total. The maximum Gasteiger partial charge on any atom is 0.164 e. The number of aryl methyl sites for hydroxylation is 2. The van der Waals surface area contributed by atoms with E-state index in [1.165, 1.54) is 5.56 Å². The molecule has 0 aliphatic carbocycles. The van der Waals surface area contributed by atoms with Crippen LogP contribution in [0.25, 0.3) is 0 Å². The van der Waals surface area contributed by atoms with Crippen molar-refractivity contribution in [3.8, 4) is 0 Å². The Morgan fingerprint density at radius 3 is 2.67 bits per heavy atom. The van der Waals surface area contributed by atoms with E-state index in [1.54, 1.807) is 0 Å². The van der Waals surface area contributed by atoms with Gasteiger partial charge in [-0.1, -0.05) is 37.3 Å². The summed E-state index contributed by atoms with van der Waals surface area (Å²) in [5.74, 6) is 0.219. The quantitative estimate of drug-likeness (QED) is 0.707. The Labute approximate surface area is 108 Å². The van der Waals surface area contributed by atoms with E-state index in [-0.39, 0.29) is 5.78 Å². The minimum atomic E-state index is 0.219. The minimum Gasteiger partial charge on any atom is -0.353 e. The van der Waals surface area contributed by atoms with Crippen LogP contribution in [0.15, 0.2) is 48.8 Å². The number of carbonyl (C=O) groups is 1. The second-order valence-electron chi connectivity index (χ2n) is 4.50. The number of nitrogens with zero attached hydrogens (tertiary/aromatic N) is 1. The minimum absolute atomic E-state index is 0.219. The molecule has 2 aromatic rings. The van der Waals surface area contributed by atoms with Crippen molar-refractivity contribution in [3.63, 3.8) is 0 Å². The van der Waals surface area contributed by atoms with Crippen LogP contribution >= 0.6 is 0 Å². The van der Waals surface area contributed by atoms with E-state index in [9.17, 15) is 4.79 Å². The fourth-order valence-corrected chi connectivity index (χ4v) is 2.06. The average molecular weight is 241 g/mol. The van der Waals surface area contributed by atoms with Crippen LogP contribution < -0.4 is 0 Å². The molecule has 0 unspecified atom stereocenters. The van der Waals surface area contributed by atoms with E-state index < -0.39 is 0 Å². The van der Waals surface area contributed by atoms with Crippen molar-refractivity contribution in [1.82, 2.24) is 4.57 Å². The summed E-state index contributed by atoms with van der Waals surface area (Å²) in [4.78, 5) is 11.5. The summed E-state index contributed by atoms with van der Waals surface area (Å²) in [5.41, 5.74) is 2.20. The number of hydrogen-bond donors (Lipinski definition) is 0. The molecule has 18 heavy (non-hydrogen) atoms. The Balaban J connectivity index is 1.84. The number of Topliss-reactive ketones (excluding diaryl/α,β-unsaturated/α-hetero) is 1. The van der Waals surface area contributed by atoms with Gasteiger partial charge < -0.3 is 4.57 Å². The molecule has 0 aliphatic heterocycles. The molecule has 0 amide bonds. The van der Waals surface area contributed by atoms with Crippen molar-refractivity contribution in [2.75, 3.05) is 0 Å². The van der Waals surface area contributed by atoms with Gasteiger partial charge in [0.1, 0.15) is 0 Å². The molecule has 1 aromatic heterocycles. The summed E-state index contributed by atoms with van der Waals surface area (Å²) in [6.07, 6.45) is 6.70. The number of carbonyl (C=O) groups excluding carboxylic acids is 1. The number of benzene rings is 1. The molecule has 0 saturated carbocycles. The summed E-state index contributed by atoms with van der Waals surface area (Å²) in [7, 11) is 0. The Kier molecular flexibility index (Phi) is 4.35. The molecule has 1 aromatic carbocycles. The van der Waals surface area contributed by atoms with E-state index in [1.807, 2.05) is 31.5 Å². The second kappa shape index (κ2) is 6.20. The highest BCUT2D eigenvalue weighted by molar-refractivity contribution is 5.95. The number of ketones is 1. The Morgan fingerprint density at radius 1 is 1.17 bits per heavy atom. The molecule has 0 fully saturated rings. The monoisotopic (exact) mass is 241 g/mol. The standard InChI is InChI=1S/C16H19NO/c1-2-16(18)15-10-12-17(13-15)11-6-9-14-7-4-3-5-8-14/h3-5,7-8,10,12-13H,2,6,9,11H2,1H3. The number of hydrogen-bond acceptors (Lipinski definition) is 1. The maximum absolute atomic E-state index is 11.5. The SMILES string of the molecule is CCC(=O)c1ccn(CCCc2ccccc2)c1. The summed E-state index contributed by atoms with van der Waals surface area (Å²) in [6.45, 7) is 2.86. The normalized spacial score (nSPS) is 10.5. The molecule has 1 heterocycles. The molecule has 0 aliphatic rings. The zero-order chi connectivity index (χ0) is 12.8. The lowest BCUT2D eigenvalue weighted by atomic mass is 10.1. The third-order valence-electron chi connectivity index (χ3n) is 3.12. The molecular weight excluding hydrogens is 222 g/mol. The van der Waals surface area contributed by atoms with Crippen molar-refractivity contribution < 1.29 is 4.79 Å². The van der Waals surface area contributed by atoms with Crippen LogP contribution in [0.5, 0.6) is 0 Å². The predicted molar refractivity (Wildman–Crippen MR) is 73.8 cm³/mol. The van der Waals surface area contributed by atoms with Crippen LogP contribution in [-0.2, 0) is 13.0 Å². The van der Waals surface area contributed by atoms with E-state index in [0.29, 0.717) is 6.42 Å². The van der Waals surface area contributed by atoms with Gasteiger partial charge >= 0.3 is 0 Å². The number of rotatable bonds is 6. The van der Waals surface area contributed by atoms with E-state index >= 15 is 0 Å². The van der Waals surface area contributed by atoms with Crippen LogP contribution in [0, 0.1) is 0 Å². The second-order valence-corrected chi connectivity index (χ2v) is 4.50. The highest BCUT2D eigenvalue weighted by atomic mass is 16.1. The third-order valence-corrected chi connectivity index (χ3v) is 3.12. The first kappa shape index (κ1) is 12.6. The lowest BCUT2D eigenvalue weighted by Crippen LogP contribution is -1.98. The third kappa shape index (κ3) is 3.33. The van der Waals surface area contributed by atoms with Crippen molar-refractivity contribution in [2.24, 2.45) is 0 Å².